The Labute approximate surface area is 237 Å². The number of anilines is 4. The number of hydrogen-bond acceptors (Lipinski definition) is 10. The number of carbonyl (C=O) groups excluding carboxylic acids is 1. The van der Waals surface area contributed by atoms with Crippen molar-refractivity contribution < 1.29 is 17.7 Å². The van der Waals surface area contributed by atoms with E-state index in [0.717, 1.165) is 16.3 Å². The van der Waals surface area contributed by atoms with Crippen LogP contribution in [0.2, 0.25) is 0 Å². The van der Waals surface area contributed by atoms with Gasteiger partial charge in [-0.05, 0) is 50.2 Å². The molecule has 3 aromatic heterocycles. The molecule has 0 fully saturated rings. The number of nitrogens with zero attached hydrogens (tertiary/aromatic N) is 3. The first-order chi connectivity index (χ1) is 17.8. The standard InChI is InChI=1S/C24H20N6O4S3.BrH/c1-14-12-20(29-34-14)30-37(32,33)18-10-8-17(9-11-18)26-23-27-19(13-35-23)21-15(2)25-24(36-21)28-22(31)16-6-4-3-5-7-16;/h3-13H,1-2H3,(H,26,27)(H,29,30)(H,25,28,31);1H. The largest absolute Gasteiger partial charge is 0.360 e. The molecule has 14 heteroatoms. The molecule has 5 rings (SSSR count). The van der Waals surface area contributed by atoms with E-state index in [0.29, 0.717) is 27.3 Å². The van der Waals surface area contributed by atoms with Gasteiger partial charge in [0.05, 0.1) is 21.2 Å². The van der Waals surface area contributed by atoms with Crippen molar-refractivity contribution in [2.75, 3.05) is 15.4 Å². The van der Waals surface area contributed by atoms with E-state index in [4.69, 9.17) is 4.52 Å². The number of rotatable bonds is 8. The Morgan fingerprint density at radius 2 is 1.71 bits per heavy atom. The van der Waals surface area contributed by atoms with Crippen LogP contribution in [-0.4, -0.2) is 29.4 Å². The molecule has 38 heavy (non-hydrogen) atoms. The molecule has 3 N–H and O–H groups in total. The SMILES string of the molecule is Br.Cc1cc(NS(=O)(=O)c2ccc(Nc3nc(-c4sc(NC(=O)c5ccccc5)nc4C)cs3)cc2)no1. The fraction of sp³-hybridized carbons (Fsp3) is 0.0833. The fourth-order valence-corrected chi connectivity index (χ4v) is 6.04. The number of thiazole rings is 2. The third-order valence-corrected chi connectivity index (χ3v) is 8.30. The van der Waals surface area contributed by atoms with Crippen LogP contribution in [0.15, 0.2) is 75.5 Å². The van der Waals surface area contributed by atoms with Crippen molar-refractivity contribution in [2.45, 2.75) is 18.7 Å². The summed E-state index contributed by atoms with van der Waals surface area (Å²) in [6.07, 6.45) is 0. The van der Waals surface area contributed by atoms with E-state index in [2.05, 4.69) is 30.5 Å². The lowest BCUT2D eigenvalue weighted by atomic mass is 10.2. The lowest BCUT2D eigenvalue weighted by Gasteiger charge is -2.07. The summed E-state index contributed by atoms with van der Waals surface area (Å²) in [5, 5.41) is 12.7. The maximum atomic E-state index is 12.6. The molecule has 0 spiro atoms. The summed E-state index contributed by atoms with van der Waals surface area (Å²) in [6.45, 7) is 3.54. The number of benzene rings is 2. The van der Waals surface area contributed by atoms with E-state index in [1.807, 2.05) is 18.4 Å². The Kier molecular flexibility index (Phi) is 8.26. The van der Waals surface area contributed by atoms with Crippen molar-refractivity contribution in [1.29, 1.82) is 0 Å². The lowest BCUT2D eigenvalue weighted by Crippen LogP contribution is -2.13. The predicted octanol–water partition coefficient (Wildman–Crippen LogP) is 6.25. The molecule has 2 aromatic carbocycles. The second-order valence-corrected chi connectivity index (χ2v) is 11.4. The first-order valence-corrected chi connectivity index (χ1v) is 14.1. The minimum Gasteiger partial charge on any atom is -0.360 e. The number of halogens is 1. The molecule has 0 bridgehead atoms. The fourth-order valence-electron chi connectivity index (χ4n) is 3.33. The number of hydrogen-bond donors (Lipinski definition) is 3. The van der Waals surface area contributed by atoms with Gasteiger partial charge in [0.25, 0.3) is 15.9 Å². The zero-order valence-electron chi connectivity index (χ0n) is 20.0. The van der Waals surface area contributed by atoms with E-state index < -0.39 is 10.0 Å². The summed E-state index contributed by atoms with van der Waals surface area (Å²) < 4.78 is 32.4. The van der Waals surface area contributed by atoms with Crippen molar-refractivity contribution in [3.63, 3.8) is 0 Å². The van der Waals surface area contributed by atoms with E-state index in [1.54, 1.807) is 43.3 Å². The second-order valence-electron chi connectivity index (χ2n) is 7.87. The predicted molar refractivity (Wildman–Crippen MR) is 154 cm³/mol. The molecule has 0 atom stereocenters. The van der Waals surface area contributed by atoms with Gasteiger partial charge in [0, 0.05) is 22.7 Å². The normalized spacial score (nSPS) is 11.0. The van der Waals surface area contributed by atoms with Crippen molar-refractivity contribution in [1.82, 2.24) is 15.1 Å². The van der Waals surface area contributed by atoms with Crippen LogP contribution in [0.25, 0.3) is 10.6 Å². The van der Waals surface area contributed by atoms with Gasteiger partial charge in [0.15, 0.2) is 16.1 Å². The first kappa shape index (κ1) is 27.4. The molecule has 1 amide bonds. The van der Waals surface area contributed by atoms with Crippen molar-refractivity contribution in [2.24, 2.45) is 0 Å². The van der Waals surface area contributed by atoms with Crippen LogP contribution in [-0.2, 0) is 10.0 Å². The molecule has 0 saturated heterocycles. The molecule has 0 radical (unpaired) electrons. The zero-order chi connectivity index (χ0) is 26.0. The monoisotopic (exact) mass is 632 g/mol. The van der Waals surface area contributed by atoms with Gasteiger partial charge < -0.3 is 9.84 Å². The highest BCUT2D eigenvalue weighted by atomic mass is 79.9. The Morgan fingerprint density at radius 3 is 2.39 bits per heavy atom. The van der Waals surface area contributed by atoms with Crippen LogP contribution in [0.1, 0.15) is 21.8 Å². The quantitative estimate of drug-likeness (QED) is 0.182. The third kappa shape index (κ3) is 6.27. The van der Waals surface area contributed by atoms with Crippen LogP contribution in [0.5, 0.6) is 0 Å². The van der Waals surface area contributed by atoms with Gasteiger partial charge in [-0.25, -0.2) is 18.4 Å². The number of carbonyl (C=O) groups is 1. The van der Waals surface area contributed by atoms with Gasteiger partial charge in [0.2, 0.25) is 0 Å². The van der Waals surface area contributed by atoms with Gasteiger partial charge >= 0.3 is 0 Å². The van der Waals surface area contributed by atoms with E-state index >= 15 is 0 Å². The van der Waals surface area contributed by atoms with Gasteiger partial charge in [-0.15, -0.1) is 28.3 Å². The molecular weight excluding hydrogens is 612 g/mol. The van der Waals surface area contributed by atoms with Crippen LogP contribution in [0, 0.1) is 13.8 Å². The molecular formula is C24H21BrN6O4S3. The zero-order valence-corrected chi connectivity index (χ0v) is 24.1. The van der Waals surface area contributed by atoms with Gasteiger partial charge in [-0.1, -0.05) is 34.7 Å². The molecule has 0 aliphatic heterocycles. The van der Waals surface area contributed by atoms with Gasteiger partial charge in [-0.3, -0.25) is 14.8 Å². The lowest BCUT2D eigenvalue weighted by molar-refractivity contribution is 0.102. The summed E-state index contributed by atoms with van der Waals surface area (Å²) in [5.74, 6) is 0.399. The molecule has 0 unspecified atom stereocenters. The maximum absolute atomic E-state index is 12.6. The minimum absolute atomic E-state index is 0. The topological polar surface area (TPSA) is 139 Å². The first-order valence-electron chi connectivity index (χ1n) is 10.9. The minimum atomic E-state index is -3.80. The highest BCUT2D eigenvalue weighted by Crippen LogP contribution is 2.35. The Hall–Kier alpha value is -3.59. The molecule has 196 valence electrons. The third-order valence-electron chi connectivity index (χ3n) is 5.07. The number of aromatic nitrogens is 3. The van der Waals surface area contributed by atoms with Crippen molar-refractivity contribution >= 4 is 77.4 Å². The van der Waals surface area contributed by atoms with E-state index in [1.165, 1.54) is 40.9 Å². The Morgan fingerprint density at radius 1 is 0.974 bits per heavy atom. The number of amides is 1. The van der Waals surface area contributed by atoms with Crippen LogP contribution < -0.4 is 15.4 Å². The second kappa shape index (κ2) is 11.4. The van der Waals surface area contributed by atoms with Gasteiger partial charge in [0.1, 0.15) is 5.76 Å². The molecule has 3 heterocycles. The van der Waals surface area contributed by atoms with Crippen LogP contribution in [0.3, 0.4) is 0 Å². The molecule has 0 aliphatic carbocycles. The van der Waals surface area contributed by atoms with E-state index in [9.17, 15) is 13.2 Å². The number of nitrogens with one attached hydrogen (secondary N) is 3. The average Bonchev–Trinajstić information content (AvgIpc) is 3.60. The number of sulfonamides is 1. The van der Waals surface area contributed by atoms with Crippen LogP contribution >= 0.6 is 39.7 Å². The Balaban J connectivity index is 0.00000336. The maximum Gasteiger partial charge on any atom is 0.263 e. The summed E-state index contributed by atoms with van der Waals surface area (Å²) in [7, 11) is -3.80. The molecule has 0 aliphatic rings. The van der Waals surface area contributed by atoms with E-state index in [-0.39, 0.29) is 33.6 Å². The molecule has 10 nitrogen and oxygen atoms in total. The summed E-state index contributed by atoms with van der Waals surface area (Å²) in [6, 6.07) is 16.7. The summed E-state index contributed by atoms with van der Waals surface area (Å²) in [5.41, 5.74) is 2.72. The van der Waals surface area contributed by atoms with Crippen LogP contribution in [0.4, 0.5) is 21.8 Å². The highest BCUT2D eigenvalue weighted by molar-refractivity contribution is 8.93. The average molecular weight is 634 g/mol. The van der Waals surface area contributed by atoms with Gasteiger partial charge in [-0.2, -0.15) is 0 Å². The van der Waals surface area contributed by atoms with Crippen molar-refractivity contribution in [3.8, 4) is 10.6 Å². The Bertz CT molecular complexity index is 1660. The molecule has 5 aromatic rings. The highest BCUT2D eigenvalue weighted by Gasteiger charge is 2.18. The summed E-state index contributed by atoms with van der Waals surface area (Å²) >= 11 is 2.75. The van der Waals surface area contributed by atoms with Crippen molar-refractivity contribution in [3.05, 3.63) is 83.1 Å². The smallest absolute Gasteiger partial charge is 0.263 e. The summed E-state index contributed by atoms with van der Waals surface area (Å²) in [4.78, 5) is 22.5. The molecule has 0 saturated carbocycles. The number of aryl methyl sites for hydroxylation is 2.